The van der Waals surface area contributed by atoms with Gasteiger partial charge in [-0.2, -0.15) is 5.10 Å². The lowest BCUT2D eigenvalue weighted by Crippen LogP contribution is -2.16. The molecule has 0 bridgehead atoms. The Labute approximate surface area is 205 Å². The molecule has 1 atom stereocenters. The second kappa shape index (κ2) is 7.84. The Morgan fingerprint density at radius 1 is 0.833 bits per heavy atom. The Morgan fingerprint density at radius 2 is 1.56 bits per heavy atom. The van der Waals surface area contributed by atoms with Crippen molar-refractivity contribution >= 4 is 5.65 Å². The molecule has 3 aromatic carbocycles. The number of para-hydroxylation sites is 1. The number of hydrogen-bond donors (Lipinski definition) is 0. The van der Waals surface area contributed by atoms with Crippen molar-refractivity contribution in [2.24, 2.45) is 0 Å². The Kier molecular flexibility index (Phi) is 4.47. The van der Waals surface area contributed by atoms with Crippen LogP contribution in [-0.2, 0) is 0 Å². The predicted octanol–water partition coefficient (Wildman–Crippen LogP) is 5.71. The van der Waals surface area contributed by atoms with Gasteiger partial charge < -0.3 is 4.74 Å². The first-order chi connectivity index (χ1) is 17.7. The smallest absolute Gasteiger partial charge is 0.230 e. The Balaban J connectivity index is 1.48. The standard InChI is InChI=1S/C28H19FN6O/c1-17-22-23(18-8-4-2-5-9-18)24-26-31-25(19-12-14-20(29)15-13-19)33-34(26)16-30-27(24)36-28(22)35(32-17)21-10-6-3-7-11-21/h2-16,23H,1H3/t23-/m0/s1. The summed E-state index contributed by atoms with van der Waals surface area (Å²) in [5.41, 5.74) is 5.95. The number of rotatable bonds is 3. The van der Waals surface area contributed by atoms with Crippen molar-refractivity contribution in [3.05, 3.63) is 119 Å². The molecule has 0 fully saturated rings. The number of benzene rings is 3. The van der Waals surface area contributed by atoms with Gasteiger partial charge in [0, 0.05) is 5.56 Å². The first kappa shape index (κ1) is 20.5. The van der Waals surface area contributed by atoms with Gasteiger partial charge in [0.05, 0.1) is 28.4 Å². The number of aryl methyl sites for hydroxylation is 1. The van der Waals surface area contributed by atoms with Crippen molar-refractivity contribution in [1.29, 1.82) is 0 Å². The normalized spacial score (nSPS) is 14.3. The van der Waals surface area contributed by atoms with Crippen LogP contribution in [0.25, 0.3) is 22.7 Å². The maximum atomic E-state index is 13.5. The fraction of sp³-hybridized carbons (Fsp3) is 0.0714. The Morgan fingerprint density at radius 3 is 2.31 bits per heavy atom. The quantitative estimate of drug-likeness (QED) is 0.328. The van der Waals surface area contributed by atoms with Gasteiger partial charge in [-0.25, -0.2) is 23.6 Å². The van der Waals surface area contributed by atoms with Gasteiger partial charge in [-0.15, -0.1) is 5.10 Å². The third kappa shape index (κ3) is 3.11. The van der Waals surface area contributed by atoms with Crippen molar-refractivity contribution in [1.82, 2.24) is 29.4 Å². The maximum Gasteiger partial charge on any atom is 0.230 e. The van der Waals surface area contributed by atoms with Crippen LogP contribution in [0.15, 0.2) is 91.3 Å². The molecule has 0 N–H and O–H groups in total. The zero-order chi connectivity index (χ0) is 24.2. The van der Waals surface area contributed by atoms with Gasteiger partial charge in [-0.1, -0.05) is 48.5 Å². The van der Waals surface area contributed by atoms with E-state index in [0.717, 1.165) is 33.6 Å². The monoisotopic (exact) mass is 474 g/mol. The molecule has 6 aromatic rings. The lowest BCUT2D eigenvalue weighted by atomic mass is 9.84. The van der Waals surface area contributed by atoms with E-state index in [1.54, 1.807) is 23.0 Å². The number of hydrogen-bond acceptors (Lipinski definition) is 5. The number of aromatic nitrogens is 6. The summed E-state index contributed by atoms with van der Waals surface area (Å²) in [6, 6.07) is 26.2. The molecule has 0 aliphatic carbocycles. The molecule has 3 aromatic heterocycles. The molecule has 4 heterocycles. The number of nitrogens with zero attached hydrogens (tertiary/aromatic N) is 6. The minimum absolute atomic E-state index is 0.219. The van der Waals surface area contributed by atoms with E-state index in [-0.39, 0.29) is 11.7 Å². The molecular weight excluding hydrogens is 455 g/mol. The second-order valence-electron chi connectivity index (χ2n) is 8.67. The van der Waals surface area contributed by atoms with Crippen molar-refractivity contribution in [3.8, 4) is 28.8 Å². The largest absolute Gasteiger partial charge is 0.420 e. The van der Waals surface area contributed by atoms with E-state index in [1.165, 1.54) is 12.1 Å². The Hall–Kier alpha value is -4.85. The first-order valence-electron chi connectivity index (χ1n) is 11.6. The topological polar surface area (TPSA) is 70.1 Å². The molecule has 1 aliphatic heterocycles. The van der Waals surface area contributed by atoms with Crippen LogP contribution in [0.2, 0.25) is 0 Å². The fourth-order valence-corrected chi connectivity index (χ4v) is 4.82. The van der Waals surface area contributed by atoms with Gasteiger partial charge in [0.15, 0.2) is 11.5 Å². The highest BCUT2D eigenvalue weighted by molar-refractivity contribution is 5.68. The van der Waals surface area contributed by atoms with Crippen molar-refractivity contribution < 1.29 is 9.13 Å². The average Bonchev–Trinajstić information content (AvgIpc) is 3.50. The molecule has 0 unspecified atom stereocenters. The number of fused-ring (bicyclic) bond motifs is 4. The molecule has 174 valence electrons. The fourth-order valence-electron chi connectivity index (χ4n) is 4.82. The minimum atomic E-state index is -0.308. The molecule has 0 saturated carbocycles. The zero-order valence-corrected chi connectivity index (χ0v) is 19.2. The van der Waals surface area contributed by atoms with E-state index in [2.05, 4.69) is 22.2 Å². The molecule has 0 spiro atoms. The highest BCUT2D eigenvalue weighted by atomic mass is 19.1. The van der Waals surface area contributed by atoms with Crippen molar-refractivity contribution in [2.75, 3.05) is 0 Å². The maximum absolute atomic E-state index is 13.5. The predicted molar refractivity (Wildman–Crippen MR) is 132 cm³/mol. The SMILES string of the molecule is Cc1nn(-c2ccccc2)c2c1[C@H](c1ccccc1)c1c(ncn3nc(-c4ccc(F)cc4)nc13)O2. The van der Waals surface area contributed by atoms with Gasteiger partial charge >= 0.3 is 0 Å². The summed E-state index contributed by atoms with van der Waals surface area (Å²) in [6.07, 6.45) is 1.59. The molecule has 8 heteroatoms. The summed E-state index contributed by atoms with van der Waals surface area (Å²) in [4.78, 5) is 9.48. The number of halogens is 1. The van der Waals surface area contributed by atoms with Crippen LogP contribution in [0, 0.1) is 12.7 Å². The summed E-state index contributed by atoms with van der Waals surface area (Å²) >= 11 is 0. The van der Waals surface area contributed by atoms with Crippen LogP contribution in [0.3, 0.4) is 0 Å². The van der Waals surface area contributed by atoms with Crippen LogP contribution >= 0.6 is 0 Å². The van der Waals surface area contributed by atoms with E-state index in [1.807, 2.05) is 60.1 Å². The van der Waals surface area contributed by atoms with Gasteiger partial charge in [0.1, 0.15) is 12.1 Å². The van der Waals surface area contributed by atoms with Gasteiger partial charge in [-0.3, -0.25) is 0 Å². The zero-order valence-electron chi connectivity index (χ0n) is 19.2. The molecular formula is C28H19FN6O. The molecule has 7 nitrogen and oxygen atoms in total. The average molecular weight is 474 g/mol. The summed E-state index contributed by atoms with van der Waals surface area (Å²) in [6.45, 7) is 1.99. The summed E-state index contributed by atoms with van der Waals surface area (Å²) in [5, 5.41) is 9.47. The van der Waals surface area contributed by atoms with E-state index in [0.29, 0.717) is 23.2 Å². The molecule has 0 radical (unpaired) electrons. The molecule has 7 rings (SSSR count). The third-order valence-corrected chi connectivity index (χ3v) is 6.46. The van der Waals surface area contributed by atoms with E-state index in [4.69, 9.17) is 14.8 Å². The van der Waals surface area contributed by atoms with Crippen molar-refractivity contribution in [3.63, 3.8) is 0 Å². The van der Waals surface area contributed by atoms with Crippen LogP contribution in [-0.4, -0.2) is 29.4 Å². The van der Waals surface area contributed by atoms with Crippen LogP contribution in [0.5, 0.6) is 11.8 Å². The van der Waals surface area contributed by atoms with E-state index in [9.17, 15) is 4.39 Å². The molecule has 1 aliphatic rings. The first-order valence-corrected chi connectivity index (χ1v) is 11.6. The summed E-state index contributed by atoms with van der Waals surface area (Å²) < 4.78 is 23.4. The molecule has 0 saturated heterocycles. The molecule has 0 amide bonds. The molecule has 36 heavy (non-hydrogen) atoms. The van der Waals surface area contributed by atoms with Gasteiger partial charge in [0.25, 0.3) is 0 Å². The van der Waals surface area contributed by atoms with E-state index < -0.39 is 0 Å². The van der Waals surface area contributed by atoms with Gasteiger partial charge in [-0.05, 0) is 48.9 Å². The summed E-state index contributed by atoms with van der Waals surface area (Å²) in [5.74, 6) is 1.05. The van der Waals surface area contributed by atoms with Crippen molar-refractivity contribution in [2.45, 2.75) is 12.8 Å². The minimum Gasteiger partial charge on any atom is -0.420 e. The highest BCUT2D eigenvalue weighted by Crippen LogP contribution is 2.49. The van der Waals surface area contributed by atoms with Gasteiger partial charge in [0.2, 0.25) is 11.8 Å². The van der Waals surface area contributed by atoms with E-state index >= 15 is 0 Å². The second-order valence-corrected chi connectivity index (χ2v) is 8.67. The summed E-state index contributed by atoms with van der Waals surface area (Å²) in [7, 11) is 0. The lowest BCUT2D eigenvalue weighted by molar-refractivity contribution is 0.402. The highest BCUT2D eigenvalue weighted by Gasteiger charge is 2.38. The van der Waals surface area contributed by atoms with Crippen LogP contribution in [0.1, 0.15) is 28.3 Å². The third-order valence-electron chi connectivity index (χ3n) is 6.46. The van der Waals surface area contributed by atoms with Crippen LogP contribution < -0.4 is 4.74 Å². The number of ether oxygens (including phenoxy) is 1. The Bertz CT molecular complexity index is 1730. The van der Waals surface area contributed by atoms with Crippen LogP contribution in [0.4, 0.5) is 4.39 Å². The lowest BCUT2D eigenvalue weighted by Gasteiger charge is -2.26.